The summed E-state index contributed by atoms with van der Waals surface area (Å²) >= 11 is 0. The number of morpholine rings is 1. The van der Waals surface area contributed by atoms with Gasteiger partial charge in [0.1, 0.15) is 11.5 Å². The molecule has 0 amide bonds. The summed E-state index contributed by atoms with van der Waals surface area (Å²) in [5.41, 5.74) is 3.30. The van der Waals surface area contributed by atoms with E-state index in [0.717, 1.165) is 23.4 Å². The predicted octanol–water partition coefficient (Wildman–Crippen LogP) is 2.72. The van der Waals surface area contributed by atoms with Gasteiger partial charge in [0.15, 0.2) is 0 Å². The van der Waals surface area contributed by atoms with Crippen LogP contribution >= 0.6 is 0 Å². The van der Waals surface area contributed by atoms with Gasteiger partial charge in [0.2, 0.25) is 0 Å². The highest BCUT2D eigenvalue weighted by Gasteiger charge is 2.22. The number of pyridine rings is 1. The van der Waals surface area contributed by atoms with Gasteiger partial charge in [0.05, 0.1) is 18.4 Å². The molecule has 1 saturated heterocycles. The molecule has 2 aromatic heterocycles. The first kappa shape index (κ1) is 16.9. The summed E-state index contributed by atoms with van der Waals surface area (Å²) in [7, 11) is 0. The fraction of sp³-hybridized carbons (Fsp3) is 0.300. The minimum absolute atomic E-state index is 0.0722. The van der Waals surface area contributed by atoms with Gasteiger partial charge in [0.25, 0.3) is 5.56 Å². The van der Waals surface area contributed by atoms with E-state index in [4.69, 9.17) is 4.74 Å². The molecule has 0 aliphatic carbocycles. The average molecular weight is 353 g/mol. The van der Waals surface area contributed by atoms with Crippen molar-refractivity contribution < 1.29 is 9.13 Å². The van der Waals surface area contributed by atoms with Crippen LogP contribution in [0.1, 0.15) is 22.9 Å². The molecular weight excluding hydrogens is 333 g/mol. The zero-order valence-electron chi connectivity index (χ0n) is 14.6. The number of ether oxygens (including phenoxy) is 1. The Morgan fingerprint density at radius 3 is 2.88 bits per heavy atom. The molecule has 4 rings (SSSR count). The lowest BCUT2D eigenvalue weighted by Crippen LogP contribution is -2.38. The van der Waals surface area contributed by atoms with Crippen LogP contribution in [0.2, 0.25) is 0 Å². The second-order valence-corrected chi connectivity index (χ2v) is 6.62. The fourth-order valence-corrected chi connectivity index (χ4v) is 3.34. The van der Waals surface area contributed by atoms with E-state index in [1.165, 1.54) is 12.1 Å². The van der Waals surface area contributed by atoms with E-state index in [2.05, 4.69) is 9.88 Å². The Balaban J connectivity index is 1.55. The molecule has 3 heterocycles. The first-order valence-electron chi connectivity index (χ1n) is 8.67. The topological polar surface area (TPSA) is 46.8 Å². The Labute approximate surface area is 150 Å². The van der Waals surface area contributed by atoms with Crippen molar-refractivity contribution in [2.75, 3.05) is 19.7 Å². The Kier molecular flexibility index (Phi) is 4.53. The minimum atomic E-state index is -0.252. The third-order valence-electron chi connectivity index (χ3n) is 4.72. The van der Waals surface area contributed by atoms with Gasteiger partial charge in [-0.3, -0.25) is 14.1 Å². The smallest absolute Gasteiger partial charge is 0.258 e. The Morgan fingerprint density at radius 1 is 1.27 bits per heavy atom. The van der Waals surface area contributed by atoms with Crippen LogP contribution in [0.4, 0.5) is 4.39 Å². The largest absolute Gasteiger partial charge is 0.371 e. The molecule has 134 valence electrons. The Hall–Kier alpha value is -2.57. The molecule has 6 heteroatoms. The van der Waals surface area contributed by atoms with Gasteiger partial charge in [-0.25, -0.2) is 9.37 Å². The van der Waals surface area contributed by atoms with Crippen LogP contribution in [0.25, 0.3) is 5.65 Å². The summed E-state index contributed by atoms with van der Waals surface area (Å²) in [6, 6.07) is 11.8. The van der Waals surface area contributed by atoms with E-state index in [-0.39, 0.29) is 17.5 Å². The molecule has 5 nitrogen and oxygen atoms in total. The molecule has 1 fully saturated rings. The van der Waals surface area contributed by atoms with Crippen molar-refractivity contribution in [2.24, 2.45) is 0 Å². The minimum Gasteiger partial charge on any atom is -0.371 e. The van der Waals surface area contributed by atoms with E-state index in [0.29, 0.717) is 25.3 Å². The molecule has 0 bridgehead atoms. The number of nitrogens with zero attached hydrogens (tertiary/aromatic N) is 3. The highest BCUT2D eigenvalue weighted by atomic mass is 19.1. The number of benzene rings is 1. The van der Waals surface area contributed by atoms with Crippen molar-refractivity contribution in [3.8, 4) is 0 Å². The summed E-state index contributed by atoms with van der Waals surface area (Å²) < 4.78 is 20.5. The molecule has 1 aliphatic heterocycles. The summed E-state index contributed by atoms with van der Waals surface area (Å²) in [4.78, 5) is 19.2. The summed E-state index contributed by atoms with van der Waals surface area (Å²) in [6.07, 6.45) is 1.63. The fourth-order valence-electron chi connectivity index (χ4n) is 3.34. The molecule has 1 aromatic carbocycles. The van der Waals surface area contributed by atoms with E-state index >= 15 is 0 Å². The van der Waals surface area contributed by atoms with Crippen molar-refractivity contribution in [3.63, 3.8) is 0 Å². The lowest BCUT2D eigenvalue weighted by atomic mass is 10.1. The second-order valence-electron chi connectivity index (χ2n) is 6.62. The van der Waals surface area contributed by atoms with Gasteiger partial charge < -0.3 is 4.74 Å². The normalized spacial score (nSPS) is 18.3. The molecule has 0 unspecified atom stereocenters. The molecule has 0 saturated carbocycles. The van der Waals surface area contributed by atoms with Crippen LogP contribution in [0.5, 0.6) is 0 Å². The van der Waals surface area contributed by atoms with Crippen LogP contribution in [0.15, 0.2) is 53.5 Å². The average Bonchev–Trinajstić information content (AvgIpc) is 2.64. The molecule has 1 atom stereocenters. The van der Waals surface area contributed by atoms with Crippen LogP contribution in [-0.4, -0.2) is 34.0 Å². The molecule has 0 spiro atoms. The van der Waals surface area contributed by atoms with E-state index < -0.39 is 0 Å². The van der Waals surface area contributed by atoms with Gasteiger partial charge in [-0.05, 0) is 36.2 Å². The number of rotatable bonds is 3. The number of aryl methyl sites for hydroxylation is 1. The third-order valence-corrected chi connectivity index (χ3v) is 4.72. The van der Waals surface area contributed by atoms with Crippen LogP contribution in [0, 0.1) is 12.7 Å². The first-order chi connectivity index (χ1) is 12.6. The highest BCUT2D eigenvalue weighted by molar-refractivity contribution is 5.46. The zero-order valence-corrected chi connectivity index (χ0v) is 14.6. The number of fused-ring (bicyclic) bond motifs is 1. The Morgan fingerprint density at radius 2 is 2.08 bits per heavy atom. The van der Waals surface area contributed by atoms with Gasteiger partial charge in [-0.2, -0.15) is 0 Å². The predicted molar refractivity (Wildman–Crippen MR) is 96.6 cm³/mol. The van der Waals surface area contributed by atoms with Crippen LogP contribution < -0.4 is 5.56 Å². The maximum absolute atomic E-state index is 13.1. The number of hydrogen-bond donors (Lipinski definition) is 0. The second kappa shape index (κ2) is 6.97. The quantitative estimate of drug-likeness (QED) is 0.726. The number of aromatic nitrogens is 2. The number of halogens is 1. The monoisotopic (exact) mass is 353 g/mol. The summed E-state index contributed by atoms with van der Waals surface area (Å²) in [6.45, 7) is 4.58. The lowest BCUT2D eigenvalue weighted by Gasteiger charge is -2.33. The van der Waals surface area contributed by atoms with E-state index in [1.54, 1.807) is 28.8 Å². The van der Waals surface area contributed by atoms with Gasteiger partial charge in [-0.15, -0.1) is 0 Å². The zero-order chi connectivity index (χ0) is 18.1. The van der Waals surface area contributed by atoms with Gasteiger partial charge >= 0.3 is 0 Å². The van der Waals surface area contributed by atoms with Crippen molar-refractivity contribution >= 4 is 5.65 Å². The number of hydrogen-bond acceptors (Lipinski definition) is 4. The molecule has 3 aromatic rings. The molecule has 0 N–H and O–H groups in total. The van der Waals surface area contributed by atoms with Crippen molar-refractivity contribution in [1.29, 1.82) is 0 Å². The van der Waals surface area contributed by atoms with Crippen molar-refractivity contribution in [1.82, 2.24) is 14.3 Å². The van der Waals surface area contributed by atoms with Crippen LogP contribution in [0.3, 0.4) is 0 Å². The standard InChI is InChI=1S/C20H20FN3O2/c1-14-3-2-8-24-19(25)11-17(22-20(14)24)12-23-9-10-26-18(13-23)15-4-6-16(21)7-5-15/h2-8,11,18H,9-10,12-13H2,1H3/t18-/m1/s1. The lowest BCUT2D eigenvalue weighted by molar-refractivity contribution is -0.0333. The molecule has 26 heavy (non-hydrogen) atoms. The third kappa shape index (κ3) is 3.38. The SMILES string of the molecule is Cc1cccn2c(=O)cc(CN3CCO[C@@H](c4ccc(F)cc4)C3)nc12. The van der Waals surface area contributed by atoms with Gasteiger partial charge in [-0.1, -0.05) is 18.2 Å². The summed E-state index contributed by atoms with van der Waals surface area (Å²) in [5.74, 6) is -0.252. The molecule has 1 aliphatic rings. The molecule has 0 radical (unpaired) electrons. The maximum atomic E-state index is 13.1. The van der Waals surface area contributed by atoms with Crippen LogP contribution in [-0.2, 0) is 11.3 Å². The van der Waals surface area contributed by atoms with E-state index in [9.17, 15) is 9.18 Å². The van der Waals surface area contributed by atoms with E-state index in [1.807, 2.05) is 19.1 Å². The maximum Gasteiger partial charge on any atom is 0.258 e. The van der Waals surface area contributed by atoms with Gasteiger partial charge in [0, 0.05) is 31.9 Å². The Bertz CT molecular complexity index is 985. The first-order valence-corrected chi connectivity index (χ1v) is 8.67. The van der Waals surface area contributed by atoms with Crippen molar-refractivity contribution in [3.05, 3.63) is 81.7 Å². The molecular formula is C20H20FN3O2. The summed E-state index contributed by atoms with van der Waals surface area (Å²) in [5, 5.41) is 0. The highest BCUT2D eigenvalue weighted by Crippen LogP contribution is 2.23. The van der Waals surface area contributed by atoms with Crippen molar-refractivity contribution in [2.45, 2.75) is 19.6 Å².